The summed E-state index contributed by atoms with van der Waals surface area (Å²) in [6.07, 6.45) is 1.57. The standard InChI is InChI=1S/C18H14N4O3S/c19-15(23)11-3-1-2-10(8-11)13-5-4-12(16(20)24)9-14(13)17(25)22-18-21-6-7-26-18/h1-9H,(H2,19,23)(H2,20,24)(H,21,22,25). The molecule has 0 saturated heterocycles. The molecule has 0 atom stereocenters. The Hall–Kier alpha value is -3.52. The molecule has 1 heterocycles. The molecule has 2 aromatic carbocycles. The van der Waals surface area contributed by atoms with Gasteiger partial charge in [0.25, 0.3) is 5.91 Å². The number of nitrogens with one attached hydrogen (secondary N) is 1. The van der Waals surface area contributed by atoms with Gasteiger partial charge in [0.2, 0.25) is 11.8 Å². The maximum absolute atomic E-state index is 12.7. The number of aromatic nitrogens is 1. The van der Waals surface area contributed by atoms with Gasteiger partial charge in [-0.15, -0.1) is 11.3 Å². The Kier molecular flexibility index (Phi) is 4.76. The van der Waals surface area contributed by atoms with Gasteiger partial charge in [-0.3, -0.25) is 19.7 Å². The topological polar surface area (TPSA) is 128 Å². The van der Waals surface area contributed by atoms with Crippen molar-refractivity contribution in [3.63, 3.8) is 0 Å². The fraction of sp³-hybridized carbons (Fsp3) is 0. The van der Waals surface area contributed by atoms with Gasteiger partial charge < -0.3 is 11.5 Å². The zero-order chi connectivity index (χ0) is 18.7. The molecule has 0 unspecified atom stereocenters. The van der Waals surface area contributed by atoms with Crippen LogP contribution in [0.2, 0.25) is 0 Å². The van der Waals surface area contributed by atoms with E-state index in [1.54, 1.807) is 41.9 Å². The Morgan fingerprint density at radius 2 is 1.69 bits per heavy atom. The van der Waals surface area contributed by atoms with Crippen molar-refractivity contribution in [3.8, 4) is 11.1 Å². The van der Waals surface area contributed by atoms with Gasteiger partial charge in [0.05, 0.1) is 0 Å². The Morgan fingerprint density at radius 3 is 2.35 bits per heavy atom. The maximum atomic E-state index is 12.7. The minimum atomic E-state index is -0.647. The predicted molar refractivity (Wildman–Crippen MR) is 99.0 cm³/mol. The van der Waals surface area contributed by atoms with Crippen LogP contribution in [0.25, 0.3) is 11.1 Å². The van der Waals surface area contributed by atoms with Crippen LogP contribution in [0.4, 0.5) is 5.13 Å². The molecule has 0 aliphatic rings. The number of nitrogens with zero attached hydrogens (tertiary/aromatic N) is 1. The molecule has 26 heavy (non-hydrogen) atoms. The molecule has 0 radical (unpaired) electrons. The second-order valence-corrected chi connectivity index (χ2v) is 6.26. The number of carbonyl (C=O) groups excluding carboxylic acids is 3. The number of thiazole rings is 1. The number of amides is 3. The van der Waals surface area contributed by atoms with E-state index in [1.165, 1.54) is 23.5 Å². The SMILES string of the molecule is NC(=O)c1cccc(-c2ccc(C(N)=O)cc2C(=O)Nc2nccs2)c1. The molecule has 3 aromatic rings. The highest BCUT2D eigenvalue weighted by molar-refractivity contribution is 7.13. The summed E-state index contributed by atoms with van der Waals surface area (Å²) in [6.45, 7) is 0. The molecule has 7 nitrogen and oxygen atoms in total. The lowest BCUT2D eigenvalue weighted by Gasteiger charge is -2.11. The van der Waals surface area contributed by atoms with Crippen LogP contribution in [0.5, 0.6) is 0 Å². The van der Waals surface area contributed by atoms with E-state index >= 15 is 0 Å². The van der Waals surface area contributed by atoms with E-state index < -0.39 is 17.7 Å². The fourth-order valence-corrected chi connectivity index (χ4v) is 2.95. The lowest BCUT2D eigenvalue weighted by Crippen LogP contribution is -2.16. The van der Waals surface area contributed by atoms with Crippen LogP contribution >= 0.6 is 11.3 Å². The van der Waals surface area contributed by atoms with E-state index in [2.05, 4.69) is 10.3 Å². The van der Waals surface area contributed by atoms with Gasteiger partial charge in [0.1, 0.15) is 0 Å². The van der Waals surface area contributed by atoms with E-state index in [-0.39, 0.29) is 11.1 Å². The number of hydrogen-bond acceptors (Lipinski definition) is 5. The van der Waals surface area contributed by atoms with Crippen molar-refractivity contribution < 1.29 is 14.4 Å². The van der Waals surface area contributed by atoms with Crippen LogP contribution in [0.15, 0.2) is 54.0 Å². The quantitative estimate of drug-likeness (QED) is 0.640. The summed E-state index contributed by atoms with van der Waals surface area (Å²) in [5.74, 6) is -1.66. The summed E-state index contributed by atoms with van der Waals surface area (Å²) < 4.78 is 0. The van der Waals surface area contributed by atoms with Gasteiger partial charge in [-0.2, -0.15) is 0 Å². The largest absolute Gasteiger partial charge is 0.366 e. The van der Waals surface area contributed by atoms with E-state index in [1.807, 2.05) is 0 Å². The molecule has 5 N–H and O–H groups in total. The molecular weight excluding hydrogens is 352 g/mol. The number of carbonyl (C=O) groups is 3. The van der Waals surface area contributed by atoms with Crippen LogP contribution in [0.3, 0.4) is 0 Å². The van der Waals surface area contributed by atoms with Crippen LogP contribution in [-0.4, -0.2) is 22.7 Å². The third kappa shape index (κ3) is 3.60. The van der Waals surface area contributed by atoms with Crippen molar-refractivity contribution in [2.24, 2.45) is 11.5 Å². The van der Waals surface area contributed by atoms with Crippen molar-refractivity contribution in [3.05, 3.63) is 70.7 Å². The molecule has 3 amide bonds. The predicted octanol–water partition coefficient (Wildman–Crippen LogP) is 2.26. The monoisotopic (exact) mass is 366 g/mol. The second-order valence-electron chi connectivity index (χ2n) is 5.36. The second kappa shape index (κ2) is 7.16. The number of hydrogen-bond donors (Lipinski definition) is 3. The molecule has 0 aliphatic heterocycles. The summed E-state index contributed by atoms with van der Waals surface area (Å²) in [6, 6.07) is 11.1. The highest BCUT2D eigenvalue weighted by Gasteiger charge is 2.17. The van der Waals surface area contributed by atoms with Crippen LogP contribution in [0, 0.1) is 0 Å². The maximum Gasteiger partial charge on any atom is 0.258 e. The molecular formula is C18H14N4O3S. The minimum absolute atomic E-state index is 0.198. The summed E-state index contributed by atoms with van der Waals surface area (Å²) in [5.41, 5.74) is 12.5. The Balaban J connectivity index is 2.09. The fourth-order valence-electron chi connectivity index (χ4n) is 2.43. The van der Waals surface area contributed by atoms with Gasteiger partial charge in [-0.25, -0.2) is 4.98 Å². The first-order chi connectivity index (χ1) is 12.5. The molecule has 130 valence electrons. The lowest BCUT2D eigenvalue weighted by atomic mass is 9.95. The number of benzene rings is 2. The summed E-state index contributed by atoms with van der Waals surface area (Å²) >= 11 is 1.27. The van der Waals surface area contributed by atoms with E-state index in [0.717, 1.165) is 0 Å². The third-order valence-corrected chi connectivity index (χ3v) is 4.35. The van der Waals surface area contributed by atoms with Crippen LogP contribution in [-0.2, 0) is 0 Å². The van der Waals surface area contributed by atoms with Gasteiger partial charge >= 0.3 is 0 Å². The molecule has 8 heteroatoms. The molecule has 3 rings (SSSR count). The van der Waals surface area contributed by atoms with Crippen LogP contribution in [0.1, 0.15) is 31.1 Å². The molecule has 0 saturated carbocycles. The molecule has 0 spiro atoms. The minimum Gasteiger partial charge on any atom is -0.366 e. The molecule has 1 aromatic heterocycles. The van der Waals surface area contributed by atoms with Crippen molar-refractivity contribution in [2.45, 2.75) is 0 Å². The first-order valence-electron chi connectivity index (χ1n) is 7.50. The van der Waals surface area contributed by atoms with Crippen molar-refractivity contribution >= 4 is 34.2 Å². The van der Waals surface area contributed by atoms with Gasteiger partial charge in [0.15, 0.2) is 5.13 Å². The zero-order valence-corrected chi connectivity index (χ0v) is 14.2. The normalized spacial score (nSPS) is 10.3. The van der Waals surface area contributed by atoms with E-state index in [0.29, 0.717) is 21.8 Å². The average molecular weight is 366 g/mol. The number of rotatable bonds is 5. The number of primary amides is 2. The smallest absolute Gasteiger partial charge is 0.258 e. The van der Waals surface area contributed by atoms with E-state index in [4.69, 9.17) is 11.5 Å². The number of anilines is 1. The number of nitrogens with two attached hydrogens (primary N) is 2. The summed E-state index contributed by atoms with van der Waals surface area (Å²) in [5, 5.41) is 4.83. The van der Waals surface area contributed by atoms with E-state index in [9.17, 15) is 14.4 Å². The highest BCUT2D eigenvalue weighted by Crippen LogP contribution is 2.27. The zero-order valence-electron chi connectivity index (χ0n) is 13.4. The Labute approximate surface area is 152 Å². The first kappa shape index (κ1) is 17.3. The summed E-state index contributed by atoms with van der Waals surface area (Å²) in [7, 11) is 0. The molecule has 0 aliphatic carbocycles. The Morgan fingerprint density at radius 1 is 0.962 bits per heavy atom. The van der Waals surface area contributed by atoms with Gasteiger partial charge in [-0.05, 0) is 35.4 Å². The summed E-state index contributed by atoms with van der Waals surface area (Å²) in [4.78, 5) is 39.7. The van der Waals surface area contributed by atoms with Gasteiger partial charge in [0, 0.05) is 28.3 Å². The molecule has 0 bridgehead atoms. The lowest BCUT2D eigenvalue weighted by molar-refractivity contribution is 0.0991. The Bertz CT molecular complexity index is 999. The average Bonchev–Trinajstić information content (AvgIpc) is 3.14. The van der Waals surface area contributed by atoms with Crippen LogP contribution < -0.4 is 16.8 Å². The third-order valence-electron chi connectivity index (χ3n) is 3.66. The molecule has 0 fully saturated rings. The first-order valence-corrected chi connectivity index (χ1v) is 8.38. The van der Waals surface area contributed by atoms with Crippen molar-refractivity contribution in [1.82, 2.24) is 4.98 Å². The van der Waals surface area contributed by atoms with Crippen molar-refractivity contribution in [2.75, 3.05) is 5.32 Å². The highest BCUT2D eigenvalue weighted by atomic mass is 32.1. The van der Waals surface area contributed by atoms with Gasteiger partial charge in [-0.1, -0.05) is 18.2 Å². The van der Waals surface area contributed by atoms with Crippen molar-refractivity contribution in [1.29, 1.82) is 0 Å².